The molecule has 6 nitrogen and oxygen atoms in total. The summed E-state index contributed by atoms with van der Waals surface area (Å²) in [6, 6.07) is 9.23. The molecule has 0 aromatic heterocycles. The van der Waals surface area contributed by atoms with E-state index >= 15 is 0 Å². The number of nitrogens with one attached hydrogen (secondary N) is 1. The molecule has 0 spiro atoms. The number of rotatable bonds is 5. The van der Waals surface area contributed by atoms with Crippen LogP contribution < -0.4 is 15.3 Å². The maximum atomic E-state index is 12.9. The number of carbonyl (C=O) groups is 3. The molecule has 0 radical (unpaired) electrons. The third-order valence-electron chi connectivity index (χ3n) is 4.22. The highest BCUT2D eigenvalue weighted by atomic mass is 19.4. The van der Waals surface area contributed by atoms with Gasteiger partial charge in [0.25, 0.3) is 5.91 Å². The molecule has 0 unspecified atom stereocenters. The van der Waals surface area contributed by atoms with Gasteiger partial charge in [0.05, 0.1) is 17.7 Å². The van der Waals surface area contributed by atoms with Crippen molar-refractivity contribution in [3.05, 3.63) is 59.7 Å². The quantitative estimate of drug-likeness (QED) is 0.785. The van der Waals surface area contributed by atoms with Gasteiger partial charge in [-0.25, -0.2) is 4.90 Å². The number of hydrogen-bond acceptors (Lipinski definition) is 5. The van der Waals surface area contributed by atoms with Gasteiger partial charge in [0.15, 0.2) is 0 Å². The van der Waals surface area contributed by atoms with Gasteiger partial charge in [0, 0.05) is 18.1 Å². The van der Waals surface area contributed by atoms with Crippen molar-refractivity contribution in [2.75, 3.05) is 10.2 Å². The van der Waals surface area contributed by atoms with Crippen LogP contribution in [0.3, 0.4) is 0 Å². The number of imide groups is 1. The number of carboxylic acid groups (broad SMARTS) is 1. The molecular weight excluding hydrogens is 377 g/mol. The van der Waals surface area contributed by atoms with Gasteiger partial charge in [-0.05, 0) is 35.9 Å². The van der Waals surface area contributed by atoms with Crippen molar-refractivity contribution in [2.24, 2.45) is 0 Å². The highest BCUT2D eigenvalue weighted by Crippen LogP contribution is 2.33. The van der Waals surface area contributed by atoms with Crippen LogP contribution in [0.1, 0.15) is 17.5 Å². The predicted molar refractivity (Wildman–Crippen MR) is 91.1 cm³/mol. The average molecular weight is 391 g/mol. The molecule has 1 fully saturated rings. The topological polar surface area (TPSA) is 89.5 Å². The predicted octanol–water partition coefficient (Wildman–Crippen LogP) is 1.74. The summed E-state index contributed by atoms with van der Waals surface area (Å²) in [5.41, 5.74) is -0.118. The molecule has 0 saturated carbocycles. The van der Waals surface area contributed by atoms with E-state index in [4.69, 9.17) is 0 Å². The highest BCUT2D eigenvalue weighted by molar-refractivity contribution is 6.23. The minimum absolute atomic E-state index is 0.140. The summed E-state index contributed by atoms with van der Waals surface area (Å²) >= 11 is 0. The Kier molecular flexibility index (Phi) is 5.08. The Balaban J connectivity index is 1.76. The maximum absolute atomic E-state index is 12.9. The summed E-state index contributed by atoms with van der Waals surface area (Å²) in [4.78, 5) is 36.1. The molecular formula is C19H14F3N2O4-. The molecule has 2 aromatic rings. The molecule has 2 amide bonds. The Morgan fingerprint density at radius 1 is 1.14 bits per heavy atom. The number of halogens is 3. The molecule has 146 valence electrons. The first-order chi connectivity index (χ1) is 13.1. The lowest BCUT2D eigenvalue weighted by atomic mass is 10.1. The molecule has 0 bridgehead atoms. The second-order valence-electron chi connectivity index (χ2n) is 6.26. The SMILES string of the molecule is O=C([O-])Cc1ccc(N[C@@H]2CC(=O)N(c3cccc(C(F)(F)F)c3)C2=O)cc1. The fourth-order valence-electron chi connectivity index (χ4n) is 2.92. The van der Waals surface area contributed by atoms with Gasteiger partial charge in [-0.3, -0.25) is 9.59 Å². The van der Waals surface area contributed by atoms with Crippen LogP contribution in [0.15, 0.2) is 48.5 Å². The molecule has 1 aliphatic heterocycles. The van der Waals surface area contributed by atoms with E-state index in [0.717, 1.165) is 23.1 Å². The van der Waals surface area contributed by atoms with E-state index in [1.54, 1.807) is 12.1 Å². The van der Waals surface area contributed by atoms with Gasteiger partial charge in [-0.2, -0.15) is 13.2 Å². The van der Waals surface area contributed by atoms with Gasteiger partial charge >= 0.3 is 6.18 Å². The fraction of sp³-hybridized carbons (Fsp3) is 0.211. The summed E-state index contributed by atoms with van der Waals surface area (Å²) in [5.74, 6) is -2.51. The Morgan fingerprint density at radius 3 is 2.43 bits per heavy atom. The minimum Gasteiger partial charge on any atom is -0.550 e. The van der Waals surface area contributed by atoms with E-state index in [9.17, 15) is 32.7 Å². The Bertz CT molecular complexity index is 926. The normalized spacial score (nSPS) is 17.1. The molecule has 2 aromatic carbocycles. The van der Waals surface area contributed by atoms with Gasteiger partial charge in [0.1, 0.15) is 6.04 Å². The van der Waals surface area contributed by atoms with Crippen LogP contribution in [0.25, 0.3) is 0 Å². The number of carboxylic acids is 1. The van der Waals surface area contributed by atoms with E-state index in [1.165, 1.54) is 18.2 Å². The van der Waals surface area contributed by atoms with Crippen LogP contribution in [0.5, 0.6) is 0 Å². The molecule has 3 rings (SSSR count). The standard InChI is InChI=1S/C19H15F3N2O4/c20-19(21,22)12-2-1-3-14(9-12)24-16(25)10-15(18(24)28)23-13-6-4-11(5-7-13)8-17(26)27/h1-7,9,15,23H,8,10H2,(H,26,27)/p-1/t15-/m1/s1. The summed E-state index contributed by atoms with van der Waals surface area (Å²) in [6.45, 7) is 0. The number of amides is 2. The van der Waals surface area contributed by atoms with Crippen molar-refractivity contribution >= 4 is 29.2 Å². The molecule has 1 N–H and O–H groups in total. The highest BCUT2D eigenvalue weighted by Gasteiger charge is 2.40. The lowest BCUT2D eigenvalue weighted by molar-refractivity contribution is -0.304. The molecule has 1 heterocycles. The van der Waals surface area contributed by atoms with Crippen molar-refractivity contribution in [2.45, 2.75) is 25.1 Å². The first-order valence-electron chi connectivity index (χ1n) is 8.24. The zero-order chi connectivity index (χ0) is 20.5. The van der Waals surface area contributed by atoms with Crippen molar-refractivity contribution in [1.29, 1.82) is 0 Å². The van der Waals surface area contributed by atoms with Crippen LogP contribution in [0.2, 0.25) is 0 Å². The summed E-state index contributed by atoms with van der Waals surface area (Å²) in [5, 5.41) is 13.4. The van der Waals surface area contributed by atoms with Gasteiger partial charge in [-0.1, -0.05) is 18.2 Å². The third-order valence-corrected chi connectivity index (χ3v) is 4.22. The zero-order valence-corrected chi connectivity index (χ0v) is 14.3. The summed E-state index contributed by atoms with van der Waals surface area (Å²) < 4.78 is 38.7. The fourth-order valence-corrected chi connectivity index (χ4v) is 2.92. The van der Waals surface area contributed by atoms with Crippen molar-refractivity contribution in [3.8, 4) is 0 Å². The average Bonchev–Trinajstić information content (AvgIpc) is 2.89. The number of aliphatic carboxylic acids is 1. The number of nitrogens with zero attached hydrogens (tertiary/aromatic N) is 1. The molecule has 1 saturated heterocycles. The molecule has 28 heavy (non-hydrogen) atoms. The lowest BCUT2D eigenvalue weighted by Gasteiger charge is -2.17. The largest absolute Gasteiger partial charge is 0.550 e. The Hall–Kier alpha value is -3.36. The van der Waals surface area contributed by atoms with Crippen LogP contribution in [0.4, 0.5) is 24.5 Å². The van der Waals surface area contributed by atoms with Crippen molar-refractivity contribution in [3.63, 3.8) is 0 Å². The second-order valence-corrected chi connectivity index (χ2v) is 6.26. The van der Waals surface area contributed by atoms with Crippen LogP contribution in [-0.2, 0) is 27.0 Å². The van der Waals surface area contributed by atoms with E-state index in [0.29, 0.717) is 11.3 Å². The van der Waals surface area contributed by atoms with E-state index in [2.05, 4.69) is 5.32 Å². The molecule has 1 aliphatic rings. The van der Waals surface area contributed by atoms with Gasteiger partial charge in [-0.15, -0.1) is 0 Å². The number of hydrogen-bond donors (Lipinski definition) is 1. The zero-order valence-electron chi connectivity index (χ0n) is 14.3. The summed E-state index contributed by atoms with van der Waals surface area (Å²) in [6.07, 6.45) is -5.06. The van der Waals surface area contributed by atoms with E-state index in [-0.39, 0.29) is 18.5 Å². The van der Waals surface area contributed by atoms with Gasteiger partial charge in [0.2, 0.25) is 5.91 Å². The minimum atomic E-state index is -4.59. The lowest BCUT2D eigenvalue weighted by Crippen LogP contribution is -2.35. The molecule has 9 heteroatoms. The van der Waals surface area contributed by atoms with E-state index < -0.39 is 35.6 Å². The van der Waals surface area contributed by atoms with Crippen LogP contribution in [-0.4, -0.2) is 23.8 Å². The Morgan fingerprint density at radius 2 is 1.82 bits per heavy atom. The molecule has 0 aliphatic carbocycles. The summed E-state index contributed by atoms with van der Waals surface area (Å²) in [7, 11) is 0. The third kappa shape index (κ3) is 4.13. The number of carbonyl (C=O) groups excluding carboxylic acids is 3. The van der Waals surface area contributed by atoms with Gasteiger partial charge < -0.3 is 15.2 Å². The van der Waals surface area contributed by atoms with Crippen molar-refractivity contribution in [1.82, 2.24) is 0 Å². The number of anilines is 2. The maximum Gasteiger partial charge on any atom is 0.416 e. The van der Waals surface area contributed by atoms with Crippen LogP contribution >= 0.6 is 0 Å². The number of benzene rings is 2. The first-order valence-corrected chi connectivity index (χ1v) is 8.24. The molecule has 1 atom stereocenters. The smallest absolute Gasteiger partial charge is 0.416 e. The van der Waals surface area contributed by atoms with E-state index in [1.807, 2.05) is 0 Å². The first kappa shape index (κ1) is 19.4. The van der Waals surface area contributed by atoms with Crippen LogP contribution in [0, 0.1) is 0 Å². The number of alkyl halides is 3. The van der Waals surface area contributed by atoms with Crippen molar-refractivity contribution < 1.29 is 32.7 Å². The monoisotopic (exact) mass is 391 g/mol. The second kappa shape index (κ2) is 7.34. The Labute approximate surface area is 157 Å².